The molecule has 2 heterocycles. The van der Waals surface area contributed by atoms with E-state index in [1.54, 1.807) is 6.21 Å². The van der Waals surface area contributed by atoms with E-state index in [0.29, 0.717) is 0 Å². The molecule has 0 fully saturated rings. The van der Waals surface area contributed by atoms with Gasteiger partial charge in [-0.15, -0.1) is 0 Å². The van der Waals surface area contributed by atoms with Crippen LogP contribution < -0.4 is 10.3 Å². The van der Waals surface area contributed by atoms with E-state index in [0.717, 1.165) is 36.4 Å². The molecule has 7 heteroatoms. The molecule has 2 aromatic rings. The Morgan fingerprint density at radius 1 is 1.21 bits per heavy atom. The summed E-state index contributed by atoms with van der Waals surface area (Å²) in [6, 6.07) is 8.39. The number of nitrogens with one attached hydrogen (secondary N) is 1. The van der Waals surface area contributed by atoms with Crippen molar-refractivity contribution in [2.24, 2.45) is 5.10 Å². The second-order valence-corrected chi connectivity index (χ2v) is 7.71. The third-order valence-electron chi connectivity index (χ3n) is 4.93. The van der Waals surface area contributed by atoms with Crippen molar-refractivity contribution in [3.63, 3.8) is 0 Å². The number of hydrazone groups is 1. The molecule has 0 amide bonds. The van der Waals surface area contributed by atoms with Crippen LogP contribution in [0.1, 0.15) is 50.8 Å². The first-order chi connectivity index (χ1) is 13.6. The van der Waals surface area contributed by atoms with Crippen LogP contribution in [0.5, 0.6) is 0 Å². The third-order valence-corrected chi connectivity index (χ3v) is 4.93. The number of anilines is 2. The van der Waals surface area contributed by atoms with Gasteiger partial charge in [0.25, 0.3) is 0 Å². The molecule has 0 bridgehead atoms. The summed E-state index contributed by atoms with van der Waals surface area (Å²) in [6.07, 6.45) is 1.36. The number of allylic oxidation sites excluding steroid dienone is 1. The Labute approximate surface area is 169 Å². The van der Waals surface area contributed by atoms with Crippen LogP contribution in [0, 0.1) is 0 Å². The average molecular weight is 402 g/mol. The number of benzene rings is 1. The predicted octanol–water partition coefficient (Wildman–Crippen LogP) is 5.96. The minimum atomic E-state index is -4.40. The molecule has 0 saturated heterocycles. The highest BCUT2D eigenvalue weighted by Gasteiger charge is 2.31. The molecule has 0 saturated carbocycles. The lowest BCUT2D eigenvalue weighted by molar-refractivity contribution is -0.137. The summed E-state index contributed by atoms with van der Waals surface area (Å²) in [4.78, 5) is 6.15. The molecular weight excluding hydrogens is 377 g/mol. The molecule has 3 rings (SSSR count). The number of rotatable bonds is 5. The summed E-state index contributed by atoms with van der Waals surface area (Å²) < 4.78 is 37.8. The van der Waals surface area contributed by atoms with Gasteiger partial charge in [0, 0.05) is 24.0 Å². The number of pyridine rings is 1. The standard InChI is InChI=1S/C22H25F3N4/c1-5-10-29-19-8-6-16(11-18(19)15(2)12-21(29,3)4)13-27-28-20-9-7-17(14-26-20)22(23,24)25/h6-9,11-14H,5,10H2,1-4H3,(H,26,28)/b27-13+. The number of alkyl halides is 3. The first-order valence-corrected chi connectivity index (χ1v) is 9.55. The Bertz CT molecular complexity index is 928. The quantitative estimate of drug-likeness (QED) is 0.496. The topological polar surface area (TPSA) is 40.5 Å². The van der Waals surface area contributed by atoms with Crippen LogP contribution in [0.2, 0.25) is 0 Å². The van der Waals surface area contributed by atoms with Crippen molar-refractivity contribution in [1.82, 2.24) is 4.98 Å². The predicted molar refractivity (Wildman–Crippen MR) is 112 cm³/mol. The maximum atomic E-state index is 12.6. The van der Waals surface area contributed by atoms with E-state index in [1.165, 1.54) is 17.3 Å². The van der Waals surface area contributed by atoms with Gasteiger partial charge in [0.2, 0.25) is 0 Å². The maximum absolute atomic E-state index is 12.6. The second kappa shape index (κ2) is 7.89. The van der Waals surface area contributed by atoms with Crippen molar-refractivity contribution < 1.29 is 13.2 Å². The van der Waals surface area contributed by atoms with Crippen molar-refractivity contribution in [3.8, 4) is 0 Å². The van der Waals surface area contributed by atoms with Gasteiger partial charge in [0.05, 0.1) is 17.3 Å². The number of nitrogens with zero attached hydrogens (tertiary/aromatic N) is 3. The van der Waals surface area contributed by atoms with Crippen molar-refractivity contribution in [2.75, 3.05) is 16.9 Å². The van der Waals surface area contributed by atoms with Gasteiger partial charge < -0.3 is 4.90 Å². The van der Waals surface area contributed by atoms with Crippen molar-refractivity contribution in [2.45, 2.75) is 45.8 Å². The van der Waals surface area contributed by atoms with Crippen LogP contribution in [0.4, 0.5) is 24.7 Å². The number of hydrogen-bond acceptors (Lipinski definition) is 4. The summed E-state index contributed by atoms with van der Waals surface area (Å²) in [7, 11) is 0. The van der Waals surface area contributed by atoms with E-state index >= 15 is 0 Å². The van der Waals surface area contributed by atoms with Crippen molar-refractivity contribution >= 4 is 23.3 Å². The summed E-state index contributed by atoms with van der Waals surface area (Å²) in [5.74, 6) is 0.249. The smallest absolute Gasteiger partial charge is 0.362 e. The zero-order chi connectivity index (χ0) is 21.2. The van der Waals surface area contributed by atoms with E-state index in [2.05, 4.69) is 66.3 Å². The number of fused-ring (bicyclic) bond motifs is 1. The molecule has 4 nitrogen and oxygen atoms in total. The van der Waals surface area contributed by atoms with E-state index in [9.17, 15) is 13.2 Å². The lowest BCUT2D eigenvalue weighted by Crippen LogP contribution is -2.45. The zero-order valence-corrected chi connectivity index (χ0v) is 17.0. The highest BCUT2D eigenvalue weighted by atomic mass is 19.4. The first-order valence-electron chi connectivity index (χ1n) is 9.55. The van der Waals surface area contributed by atoms with E-state index in [-0.39, 0.29) is 11.4 Å². The van der Waals surface area contributed by atoms with Gasteiger partial charge in [-0.1, -0.05) is 19.1 Å². The Kier molecular flexibility index (Phi) is 5.68. The first kappa shape index (κ1) is 20.9. The highest BCUT2D eigenvalue weighted by molar-refractivity contribution is 5.88. The SMILES string of the molecule is CCCN1c2ccc(/C=N/Nc3ccc(C(F)(F)F)cn3)cc2C(C)=CC1(C)C. The molecule has 0 aliphatic carbocycles. The molecule has 1 N–H and O–H groups in total. The lowest BCUT2D eigenvalue weighted by Gasteiger charge is -2.43. The van der Waals surface area contributed by atoms with Crippen LogP contribution in [0.3, 0.4) is 0 Å². The summed E-state index contributed by atoms with van der Waals surface area (Å²) >= 11 is 0. The average Bonchev–Trinajstić information content (AvgIpc) is 2.64. The zero-order valence-electron chi connectivity index (χ0n) is 17.0. The Morgan fingerprint density at radius 2 is 1.97 bits per heavy atom. The number of hydrogen-bond donors (Lipinski definition) is 1. The minimum absolute atomic E-state index is 0.0432. The van der Waals surface area contributed by atoms with E-state index < -0.39 is 11.7 Å². The molecule has 0 unspecified atom stereocenters. The van der Waals surface area contributed by atoms with Gasteiger partial charge in [-0.05, 0) is 62.6 Å². The fraction of sp³-hybridized carbons (Fsp3) is 0.364. The third kappa shape index (κ3) is 4.60. The number of halogens is 3. The largest absolute Gasteiger partial charge is 0.417 e. The molecule has 0 spiro atoms. The fourth-order valence-electron chi connectivity index (χ4n) is 3.61. The Balaban J connectivity index is 1.77. The van der Waals surface area contributed by atoms with Crippen molar-refractivity contribution in [1.29, 1.82) is 0 Å². The van der Waals surface area contributed by atoms with Crippen molar-refractivity contribution in [3.05, 3.63) is 59.3 Å². The normalized spacial score (nSPS) is 16.0. The summed E-state index contributed by atoms with van der Waals surface area (Å²) in [5, 5.41) is 4.11. The van der Waals surface area contributed by atoms with Gasteiger partial charge in [-0.3, -0.25) is 5.43 Å². The lowest BCUT2D eigenvalue weighted by atomic mass is 9.88. The maximum Gasteiger partial charge on any atom is 0.417 e. The molecular formula is C22H25F3N4. The minimum Gasteiger partial charge on any atom is -0.362 e. The summed E-state index contributed by atoms with van der Waals surface area (Å²) in [6.45, 7) is 9.67. The van der Waals surface area contributed by atoms with Crippen LogP contribution in [-0.2, 0) is 6.18 Å². The highest BCUT2D eigenvalue weighted by Crippen LogP contribution is 2.39. The van der Waals surface area contributed by atoms with Crippen LogP contribution >= 0.6 is 0 Å². The van der Waals surface area contributed by atoms with Crippen LogP contribution in [0.25, 0.3) is 5.57 Å². The molecule has 1 aliphatic rings. The molecule has 0 radical (unpaired) electrons. The Hall–Kier alpha value is -2.83. The molecule has 0 atom stereocenters. The molecule has 1 aromatic heterocycles. The van der Waals surface area contributed by atoms with Gasteiger partial charge in [0.1, 0.15) is 5.82 Å². The van der Waals surface area contributed by atoms with Gasteiger partial charge in [-0.2, -0.15) is 18.3 Å². The molecule has 1 aromatic carbocycles. The molecule has 29 heavy (non-hydrogen) atoms. The Morgan fingerprint density at radius 3 is 2.59 bits per heavy atom. The molecule has 154 valence electrons. The molecule has 1 aliphatic heterocycles. The monoisotopic (exact) mass is 402 g/mol. The van der Waals surface area contributed by atoms with E-state index in [4.69, 9.17) is 0 Å². The van der Waals surface area contributed by atoms with Crippen LogP contribution in [0.15, 0.2) is 47.7 Å². The summed E-state index contributed by atoms with van der Waals surface area (Å²) in [5.41, 5.74) is 6.31. The fourth-order valence-corrected chi connectivity index (χ4v) is 3.61. The second-order valence-electron chi connectivity index (χ2n) is 7.71. The van der Waals surface area contributed by atoms with Gasteiger partial charge in [-0.25, -0.2) is 4.98 Å². The van der Waals surface area contributed by atoms with Gasteiger partial charge >= 0.3 is 6.18 Å². The van der Waals surface area contributed by atoms with Crippen LogP contribution in [-0.4, -0.2) is 23.3 Å². The number of aromatic nitrogens is 1. The van der Waals surface area contributed by atoms with E-state index in [1.807, 2.05) is 6.07 Å². The van der Waals surface area contributed by atoms with Gasteiger partial charge in [0.15, 0.2) is 0 Å².